The Morgan fingerprint density at radius 1 is 0.304 bits per heavy atom. The minimum Gasteiger partial charge on any atom is -0.396 e. The van der Waals surface area contributed by atoms with E-state index in [0.717, 1.165) is 47.8 Å². The van der Waals surface area contributed by atoms with Gasteiger partial charge in [-0.2, -0.15) is 0 Å². The van der Waals surface area contributed by atoms with Gasteiger partial charge in [0.25, 0.3) is 0 Å². The third-order valence-electron chi connectivity index (χ3n) is 15.9. The molecule has 0 saturated carbocycles. The summed E-state index contributed by atoms with van der Waals surface area (Å²) in [5.41, 5.74) is 1.20. The summed E-state index contributed by atoms with van der Waals surface area (Å²) in [5, 5.41) is 37.2. The predicted molar refractivity (Wildman–Crippen MR) is 313 cm³/mol. The van der Waals surface area contributed by atoms with Gasteiger partial charge in [0.05, 0.1) is 0 Å². The van der Waals surface area contributed by atoms with Gasteiger partial charge in [0.15, 0.2) is 0 Å². The highest BCUT2D eigenvalue weighted by atomic mass is 16.3. The lowest BCUT2D eigenvalue weighted by atomic mass is 9.76. The van der Waals surface area contributed by atoms with Gasteiger partial charge in [-0.3, -0.25) is 0 Å². The molecular formula is C65H138O4. The molecule has 0 aromatic carbocycles. The third kappa shape index (κ3) is 55.4. The number of aliphatic hydroxyl groups excluding tert-OH is 4. The van der Waals surface area contributed by atoms with Crippen LogP contribution in [0.4, 0.5) is 0 Å². The Morgan fingerprint density at radius 2 is 0.638 bits per heavy atom. The van der Waals surface area contributed by atoms with Crippen molar-refractivity contribution in [1.82, 2.24) is 0 Å². The van der Waals surface area contributed by atoms with Gasteiger partial charge in [0.2, 0.25) is 0 Å². The largest absolute Gasteiger partial charge is 0.396 e. The van der Waals surface area contributed by atoms with Crippen molar-refractivity contribution < 1.29 is 20.4 Å². The van der Waals surface area contributed by atoms with E-state index in [1.807, 2.05) is 0 Å². The first-order valence-corrected chi connectivity index (χ1v) is 30.3. The van der Waals surface area contributed by atoms with E-state index in [0.29, 0.717) is 72.3 Å². The monoisotopic (exact) mass is 983 g/mol. The maximum Gasteiger partial charge on any atom is 0.0461 e. The molecule has 0 amide bonds. The van der Waals surface area contributed by atoms with Crippen LogP contribution >= 0.6 is 0 Å². The molecule has 0 radical (unpaired) electrons. The van der Waals surface area contributed by atoms with Crippen molar-refractivity contribution in [1.29, 1.82) is 0 Å². The molecule has 0 aromatic rings. The van der Waals surface area contributed by atoms with Crippen molar-refractivity contribution in [3.8, 4) is 0 Å². The molecule has 0 heterocycles. The molecule has 0 fully saturated rings. The van der Waals surface area contributed by atoms with Crippen molar-refractivity contribution in [3.63, 3.8) is 0 Å². The molecule has 10 unspecified atom stereocenters. The lowest BCUT2D eigenvalue weighted by Gasteiger charge is -2.30. The van der Waals surface area contributed by atoms with Crippen molar-refractivity contribution in [2.45, 2.75) is 306 Å². The molecule has 0 bridgehead atoms. The number of hydrogen-bond acceptors (Lipinski definition) is 4. The second kappa shape index (κ2) is 45.3. The summed E-state index contributed by atoms with van der Waals surface area (Å²) in [6, 6.07) is 0. The zero-order chi connectivity index (χ0) is 54.2. The van der Waals surface area contributed by atoms with Crippen LogP contribution in [0.1, 0.15) is 306 Å². The zero-order valence-electron chi connectivity index (χ0n) is 52.0. The summed E-state index contributed by atoms with van der Waals surface area (Å²) < 4.78 is 0. The molecule has 0 aromatic heterocycles. The van der Waals surface area contributed by atoms with Crippen LogP contribution in [0.3, 0.4) is 0 Å². The Morgan fingerprint density at radius 3 is 0.986 bits per heavy atom. The highest BCUT2D eigenvalue weighted by molar-refractivity contribution is 4.75. The van der Waals surface area contributed by atoms with Gasteiger partial charge in [0.1, 0.15) is 0 Å². The minimum atomic E-state index is 0.331. The second-order valence-electron chi connectivity index (χ2n) is 28.2. The molecule has 0 saturated heterocycles. The molecular weight excluding hydrogens is 845 g/mol. The second-order valence-corrected chi connectivity index (χ2v) is 28.2. The average Bonchev–Trinajstić information content (AvgIpc) is 3.23. The molecule has 422 valence electrons. The Bertz CT molecular complexity index is 1030. The molecule has 4 heteroatoms. The smallest absolute Gasteiger partial charge is 0.0461 e. The van der Waals surface area contributed by atoms with Crippen LogP contribution in [0.2, 0.25) is 0 Å². The SMILES string of the molecule is CC(C)C(C)CCCCCC(CO)CCCC(C)C(C)C.CC(CCC(CO)C(C)CC(C)(C)C)CC(C)(C)C.CC(CCO)CC(C)(C)C.CCC(C)CCCCCC(CO)CCCC(C)CC. The summed E-state index contributed by atoms with van der Waals surface area (Å²) >= 11 is 0. The number of hydrogen-bond donors (Lipinski definition) is 4. The number of unbranched alkanes of at least 4 members (excludes halogenated alkanes) is 4. The molecule has 4 nitrogen and oxygen atoms in total. The lowest BCUT2D eigenvalue weighted by molar-refractivity contribution is 0.135. The van der Waals surface area contributed by atoms with Gasteiger partial charge in [-0.25, -0.2) is 0 Å². The third-order valence-corrected chi connectivity index (χ3v) is 15.9. The van der Waals surface area contributed by atoms with Crippen LogP contribution in [-0.2, 0) is 0 Å². The van der Waals surface area contributed by atoms with Gasteiger partial charge >= 0.3 is 0 Å². The predicted octanol–water partition coefficient (Wildman–Crippen LogP) is 20.1. The molecule has 10 atom stereocenters. The fraction of sp³-hybridized carbons (Fsp3) is 1.00. The standard InChI is InChI=1S/C20H42O.2C18H38O.C9H20O/c1-16(2)18(5)11-8-7-9-13-20(15-21)14-10-12-19(6)17(3)4;1-14(11-17(3,4)5)9-10-16(13-19)15(2)12-18(6,7)8;1-5-16(3)11-8-7-9-13-18(15-19)14-10-12-17(4)6-2;1-8(5-6-10)7-9(2,3)4/h16-21H,7-15H2,1-6H3;14-16,19H,9-13H2,1-8H3;16-19H,5-15H2,1-4H3;8,10H,5-7H2,1-4H3. The van der Waals surface area contributed by atoms with E-state index in [1.165, 1.54) is 148 Å². The van der Waals surface area contributed by atoms with E-state index in [2.05, 4.69) is 152 Å². The Hall–Kier alpha value is -0.160. The van der Waals surface area contributed by atoms with E-state index in [1.54, 1.807) is 0 Å². The van der Waals surface area contributed by atoms with Gasteiger partial charge < -0.3 is 20.4 Å². The minimum absolute atomic E-state index is 0.331. The lowest BCUT2D eigenvalue weighted by Crippen LogP contribution is -2.22. The van der Waals surface area contributed by atoms with Gasteiger partial charge in [-0.1, -0.05) is 249 Å². The van der Waals surface area contributed by atoms with E-state index in [-0.39, 0.29) is 0 Å². The number of rotatable bonds is 36. The molecule has 0 aliphatic heterocycles. The quantitative estimate of drug-likeness (QED) is 0.0472. The highest BCUT2D eigenvalue weighted by Crippen LogP contribution is 2.34. The van der Waals surface area contributed by atoms with Gasteiger partial charge in [0, 0.05) is 26.4 Å². The molecule has 0 aliphatic rings. The molecule has 0 aliphatic carbocycles. The molecule has 0 rings (SSSR count). The molecule has 4 N–H and O–H groups in total. The van der Waals surface area contributed by atoms with Crippen LogP contribution in [-0.4, -0.2) is 46.9 Å². The van der Waals surface area contributed by atoms with Crippen LogP contribution in [0, 0.1) is 87.3 Å². The van der Waals surface area contributed by atoms with E-state index in [9.17, 15) is 15.3 Å². The van der Waals surface area contributed by atoms with Gasteiger partial charge in [-0.15, -0.1) is 0 Å². The zero-order valence-corrected chi connectivity index (χ0v) is 52.0. The first-order chi connectivity index (χ1) is 31.9. The maximum absolute atomic E-state index is 9.64. The fourth-order valence-electron chi connectivity index (χ4n) is 10.1. The Labute approximate surface area is 438 Å². The maximum atomic E-state index is 9.64. The van der Waals surface area contributed by atoms with Crippen molar-refractivity contribution in [3.05, 3.63) is 0 Å². The van der Waals surface area contributed by atoms with Crippen molar-refractivity contribution in [2.24, 2.45) is 87.3 Å². The average molecular weight is 984 g/mol. The summed E-state index contributed by atoms with van der Waals surface area (Å²) in [5.74, 6) is 8.66. The summed E-state index contributed by atoms with van der Waals surface area (Å²) in [6.07, 6.45) is 30.6. The van der Waals surface area contributed by atoms with Crippen LogP contribution in [0.25, 0.3) is 0 Å². The van der Waals surface area contributed by atoms with Crippen LogP contribution in [0.15, 0.2) is 0 Å². The Balaban J connectivity index is -0.000000419. The summed E-state index contributed by atoms with van der Waals surface area (Å²) in [7, 11) is 0. The van der Waals surface area contributed by atoms with Crippen molar-refractivity contribution in [2.75, 3.05) is 26.4 Å². The topological polar surface area (TPSA) is 80.9 Å². The van der Waals surface area contributed by atoms with Gasteiger partial charge in [-0.05, 0) is 145 Å². The first-order valence-electron chi connectivity index (χ1n) is 30.3. The van der Waals surface area contributed by atoms with Crippen LogP contribution in [0.5, 0.6) is 0 Å². The Kier molecular flexibility index (Phi) is 49.4. The highest BCUT2D eigenvalue weighted by Gasteiger charge is 2.24. The van der Waals surface area contributed by atoms with E-state index >= 15 is 0 Å². The fourth-order valence-corrected chi connectivity index (χ4v) is 10.1. The first kappa shape index (κ1) is 75.4. The van der Waals surface area contributed by atoms with Crippen molar-refractivity contribution >= 4 is 0 Å². The summed E-state index contributed by atoms with van der Waals surface area (Å²) in [4.78, 5) is 0. The summed E-state index contributed by atoms with van der Waals surface area (Å²) in [6.45, 7) is 52.1. The normalized spacial score (nSPS) is 16.7. The molecule has 69 heavy (non-hydrogen) atoms. The molecule has 0 spiro atoms. The van der Waals surface area contributed by atoms with Crippen LogP contribution < -0.4 is 0 Å². The van der Waals surface area contributed by atoms with E-state index in [4.69, 9.17) is 5.11 Å². The van der Waals surface area contributed by atoms with E-state index < -0.39 is 0 Å². The number of aliphatic hydroxyl groups is 4.